The molecule has 0 saturated heterocycles. The SMILES string of the molecule is COc1ccc(C(=O)NCCNC(=O)c2ccc(NC(=O)c3ccc(C)cc3)cc2)cc1OC. The van der Waals surface area contributed by atoms with Crippen LogP contribution in [0.5, 0.6) is 11.5 Å². The first-order chi connectivity index (χ1) is 16.4. The van der Waals surface area contributed by atoms with E-state index in [1.807, 2.05) is 19.1 Å². The molecule has 0 radical (unpaired) electrons. The van der Waals surface area contributed by atoms with E-state index in [2.05, 4.69) is 16.0 Å². The van der Waals surface area contributed by atoms with Crippen molar-refractivity contribution >= 4 is 23.4 Å². The molecular formula is C26H27N3O5. The summed E-state index contributed by atoms with van der Waals surface area (Å²) in [5.41, 5.74) is 3.09. The smallest absolute Gasteiger partial charge is 0.255 e. The third kappa shape index (κ3) is 6.35. The zero-order chi connectivity index (χ0) is 24.5. The average Bonchev–Trinajstić information content (AvgIpc) is 2.86. The van der Waals surface area contributed by atoms with Gasteiger partial charge >= 0.3 is 0 Å². The predicted octanol–water partition coefficient (Wildman–Crippen LogP) is 3.42. The summed E-state index contributed by atoms with van der Waals surface area (Å²) in [5.74, 6) is 0.206. The lowest BCUT2D eigenvalue weighted by atomic mass is 10.1. The Morgan fingerprint density at radius 3 is 1.74 bits per heavy atom. The fraction of sp³-hybridized carbons (Fsp3) is 0.192. The van der Waals surface area contributed by atoms with Crippen molar-refractivity contribution in [3.8, 4) is 11.5 Å². The van der Waals surface area contributed by atoms with Gasteiger partial charge in [0.2, 0.25) is 0 Å². The van der Waals surface area contributed by atoms with Gasteiger partial charge in [0.15, 0.2) is 11.5 Å². The summed E-state index contributed by atoms with van der Waals surface area (Å²) >= 11 is 0. The summed E-state index contributed by atoms with van der Waals surface area (Å²) in [4.78, 5) is 37.0. The number of aryl methyl sites for hydroxylation is 1. The van der Waals surface area contributed by atoms with Gasteiger partial charge in [-0.15, -0.1) is 0 Å². The quantitative estimate of drug-likeness (QED) is 0.424. The van der Waals surface area contributed by atoms with Gasteiger partial charge in [-0.05, 0) is 61.5 Å². The van der Waals surface area contributed by atoms with Crippen molar-refractivity contribution in [2.75, 3.05) is 32.6 Å². The number of anilines is 1. The van der Waals surface area contributed by atoms with Crippen LogP contribution in [0.25, 0.3) is 0 Å². The van der Waals surface area contributed by atoms with Gasteiger partial charge in [-0.25, -0.2) is 0 Å². The largest absolute Gasteiger partial charge is 0.493 e. The molecule has 0 aliphatic carbocycles. The number of methoxy groups -OCH3 is 2. The first-order valence-electron chi connectivity index (χ1n) is 10.7. The summed E-state index contributed by atoms with van der Waals surface area (Å²) in [7, 11) is 3.02. The highest BCUT2D eigenvalue weighted by Crippen LogP contribution is 2.27. The summed E-state index contributed by atoms with van der Waals surface area (Å²) in [6, 6.07) is 18.7. The maximum Gasteiger partial charge on any atom is 0.255 e. The summed E-state index contributed by atoms with van der Waals surface area (Å²) in [6.45, 7) is 2.46. The van der Waals surface area contributed by atoms with Crippen molar-refractivity contribution in [2.24, 2.45) is 0 Å². The van der Waals surface area contributed by atoms with Crippen LogP contribution in [0, 0.1) is 6.92 Å². The number of nitrogens with one attached hydrogen (secondary N) is 3. The molecule has 0 aliphatic rings. The number of carbonyl (C=O) groups is 3. The number of benzene rings is 3. The van der Waals surface area contributed by atoms with Crippen LogP contribution in [-0.2, 0) is 0 Å². The van der Waals surface area contributed by atoms with Gasteiger partial charge < -0.3 is 25.4 Å². The third-order valence-electron chi connectivity index (χ3n) is 5.06. The molecule has 3 aromatic carbocycles. The molecular weight excluding hydrogens is 434 g/mol. The normalized spacial score (nSPS) is 10.2. The molecule has 0 heterocycles. The third-order valence-corrected chi connectivity index (χ3v) is 5.06. The van der Waals surface area contributed by atoms with Crippen molar-refractivity contribution < 1.29 is 23.9 Å². The molecule has 0 spiro atoms. The second kappa shape index (κ2) is 11.5. The molecule has 3 aromatic rings. The Labute approximate surface area is 198 Å². The van der Waals surface area contributed by atoms with Gasteiger partial charge in [0, 0.05) is 35.5 Å². The molecule has 8 heteroatoms. The molecule has 34 heavy (non-hydrogen) atoms. The topological polar surface area (TPSA) is 106 Å². The van der Waals surface area contributed by atoms with Gasteiger partial charge in [0.05, 0.1) is 14.2 Å². The molecule has 3 rings (SSSR count). The van der Waals surface area contributed by atoms with Crippen molar-refractivity contribution in [1.29, 1.82) is 0 Å². The van der Waals surface area contributed by atoms with Crippen LogP contribution in [-0.4, -0.2) is 45.0 Å². The summed E-state index contributed by atoms with van der Waals surface area (Å²) < 4.78 is 10.4. The molecule has 176 valence electrons. The highest BCUT2D eigenvalue weighted by Gasteiger charge is 2.11. The lowest BCUT2D eigenvalue weighted by Gasteiger charge is -2.11. The van der Waals surface area contributed by atoms with Gasteiger partial charge in [-0.1, -0.05) is 17.7 Å². The molecule has 0 aromatic heterocycles. The fourth-order valence-corrected chi connectivity index (χ4v) is 3.15. The van der Waals surface area contributed by atoms with Crippen LogP contribution in [0.1, 0.15) is 36.6 Å². The Morgan fingerprint density at radius 2 is 1.15 bits per heavy atom. The number of rotatable bonds is 9. The van der Waals surface area contributed by atoms with Crippen molar-refractivity contribution in [3.63, 3.8) is 0 Å². The van der Waals surface area contributed by atoms with Crippen LogP contribution in [0.4, 0.5) is 5.69 Å². The Hall–Kier alpha value is -4.33. The molecule has 0 bridgehead atoms. The minimum Gasteiger partial charge on any atom is -0.493 e. The van der Waals surface area contributed by atoms with Gasteiger partial charge in [0.1, 0.15) is 0 Å². The first kappa shape index (κ1) is 24.3. The van der Waals surface area contributed by atoms with Gasteiger partial charge in [-0.3, -0.25) is 14.4 Å². The number of hydrogen-bond donors (Lipinski definition) is 3. The van der Waals surface area contributed by atoms with E-state index in [1.165, 1.54) is 14.2 Å². The van der Waals surface area contributed by atoms with Crippen LogP contribution in [0.2, 0.25) is 0 Å². The molecule has 0 atom stereocenters. The Morgan fingerprint density at radius 1 is 0.647 bits per heavy atom. The zero-order valence-electron chi connectivity index (χ0n) is 19.3. The molecule has 0 saturated carbocycles. The van der Waals surface area contributed by atoms with Crippen LogP contribution >= 0.6 is 0 Å². The molecule has 0 unspecified atom stereocenters. The van der Waals surface area contributed by atoms with E-state index >= 15 is 0 Å². The van der Waals surface area contributed by atoms with E-state index in [1.54, 1.807) is 54.6 Å². The number of ether oxygens (including phenoxy) is 2. The fourth-order valence-electron chi connectivity index (χ4n) is 3.15. The molecule has 3 amide bonds. The molecule has 8 nitrogen and oxygen atoms in total. The minimum absolute atomic E-state index is 0.220. The number of amides is 3. The lowest BCUT2D eigenvalue weighted by molar-refractivity contribution is 0.0927. The average molecular weight is 462 g/mol. The highest BCUT2D eigenvalue weighted by atomic mass is 16.5. The monoisotopic (exact) mass is 461 g/mol. The number of hydrogen-bond acceptors (Lipinski definition) is 5. The van der Waals surface area contributed by atoms with Gasteiger partial charge in [-0.2, -0.15) is 0 Å². The van der Waals surface area contributed by atoms with Crippen molar-refractivity contribution in [1.82, 2.24) is 10.6 Å². The zero-order valence-corrected chi connectivity index (χ0v) is 19.3. The van der Waals surface area contributed by atoms with Crippen LogP contribution < -0.4 is 25.4 Å². The Kier molecular flexibility index (Phi) is 8.23. The van der Waals surface area contributed by atoms with E-state index in [0.717, 1.165) is 5.56 Å². The van der Waals surface area contributed by atoms with Crippen molar-refractivity contribution in [2.45, 2.75) is 6.92 Å². The molecule has 3 N–H and O–H groups in total. The van der Waals surface area contributed by atoms with Crippen LogP contribution in [0.3, 0.4) is 0 Å². The second-order valence-corrected chi connectivity index (χ2v) is 7.48. The minimum atomic E-state index is -0.288. The highest BCUT2D eigenvalue weighted by molar-refractivity contribution is 6.04. The van der Waals surface area contributed by atoms with E-state index < -0.39 is 0 Å². The second-order valence-electron chi connectivity index (χ2n) is 7.48. The maximum atomic E-state index is 12.4. The van der Waals surface area contributed by atoms with E-state index in [9.17, 15) is 14.4 Å². The van der Waals surface area contributed by atoms with E-state index in [0.29, 0.717) is 33.9 Å². The van der Waals surface area contributed by atoms with Gasteiger partial charge in [0.25, 0.3) is 17.7 Å². The standard InChI is InChI=1S/C26H27N3O5/c1-17-4-6-19(7-5-17)26(32)29-21-11-8-18(9-12-21)24(30)27-14-15-28-25(31)20-10-13-22(33-2)23(16-20)34-3/h4-13,16H,14-15H2,1-3H3,(H,27,30)(H,28,31)(H,29,32). The first-order valence-corrected chi connectivity index (χ1v) is 10.7. The molecule has 0 fully saturated rings. The summed E-state index contributed by atoms with van der Waals surface area (Å²) in [5, 5.41) is 8.30. The predicted molar refractivity (Wildman–Crippen MR) is 130 cm³/mol. The molecule has 0 aliphatic heterocycles. The summed E-state index contributed by atoms with van der Waals surface area (Å²) in [6.07, 6.45) is 0. The lowest BCUT2D eigenvalue weighted by Crippen LogP contribution is -2.34. The number of carbonyl (C=O) groups excluding carboxylic acids is 3. The maximum absolute atomic E-state index is 12.4. The van der Waals surface area contributed by atoms with E-state index in [-0.39, 0.29) is 30.8 Å². The van der Waals surface area contributed by atoms with E-state index in [4.69, 9.17) is 9.47 Å². The van der Waals surface area contributed by atoms with Crippen LogP contribution in [0.15, 0.2) is 66.7 Å². The Balaban J connectivity index is 1.45. The van der Waals surface area contributed by atoms with Crippen molar-refractivity contribution in [3.05, 3.63) is 89.0 Å². The Bertz CT molecular complexity index is 1160.